The van der Waals surface area contributed by atoms with Gasteiger partial charge in [0.25, 0.3) is 0 Å². The lowest BCUT2D eigenvalue weighted by atomic mass is 9.90. The quantitative estimate of drug-likeness (QED) is 0.398. The van der Waals surface area contributed by atoms with E-state index in [4.69, 9.17) is 4.74 Å². The lowest BCUT2D eigenvalue weighted by molar-refractivity contribution is 0.0408. The van der Waals surface area contributed by atoms with Gasteiger partial charge in [-0.1, -0.05) is 25.1 Å². The number of hydrogen-bond donors (Lipinski definition) is 2. The van der Waals surface area contributed by atoms with Crippen molar-refractivity contribution in [2.24, 2.45) is 0 Å². The summed E-state index contributed by atoms with van der Waals surface area (Å²) in [7, 11) is 0. The Morgan fingerprint density at radius 3 is 2.97 bits per heavy atom. The first kappa shape index (κ1) is 24.0. The Morgan fingerprint density at radius 2 is 2.21 bits per heavy atom. The summed E-state index contributed by atoms with van der Waals surface area (Å²) in [6.45, 7) is 7.89. The van der Waals surface area contributed by atoms with E-state index in [1.807, 2.05) is 42.5 Å². The molecule has 0 spiro atoms. The van der Waals surface area contributed by atoms with E-state index in [1.165, 1.54) is 15.3 Å². The third-order valence-corrected chi connectivity index (χ3v) is 8.08. The van der Waals surface area contributed by atoms with Crippen molar-refractivity contribution in [3.8, 4) is 5.75 Å². The van der Waals surface area contributed by atoms with Crippen molar-refractivity contribution in [2.75, 3.05) is 26.4 Å². The predicted molar refractivity (Wildman–Crippen MR) is 136 cm³/mol. The highest BCUT2D eigenvalue weighted by atomic mass is 32.1. The number of hydrogen-bond acceptors (Lipinski definition) is 4. The number of fused-ring (bicyclic) bond motifs is 1. The van der Waals surface area contributed by atoms with E-state index in [-0.39, 0.29) is 6.61 Å². The summed E-state index contributed by atoms with van der Waals surface area (Å²) in [5.74, 6) is 1.34. The zero-order valence-corrected chi connectivity index (χ0v) is 20.6. The maximum absolute atomic E-state index is 12.6. The molecule has 4 nitrogen and oxygen atoms in total. The van der Waals surface area contributed by atoms with Crippen LogP contribution < -0.4 is 4.74 Å². The van der Waals surface area contributed by atoms with Gasteiger partial charge in [-0.3, -0.25) is 4.90 Å². The van der Waals surface area contributed by atoms with Gasteiger partial charge in [-0.05, 0) is 75.4 Å². The third kappa shape index (κ3) is 5.68. The van der Waals surface area contributed by atoms with Crippen molar-refractivity contribution in [1.29, 1.82) is 0 Å². The van der Waals surface area contributed by atoms with E-state index < -0.39 is 12.8 Å². The molecular formula is C27H35FN2O2S. The lowest BCUT2D eigenvalue weighted by Gasteiger charge is -2.38. The summed E-state index contributed by atoms with van der Waals surface area (Å²) in [6.07, 6.45) is 6.11. The van der Waals surface area contributed by atoms with Crippen LogP contribution in [0.5, 0.6) is 5.75 Å². The van der Waals surface area contributed by atoms with Crippen LogP contribution >= 0.6 is 11.3 Å². The Hall–Kier alpha value is -2.15. The number of piperidine rings is 1. The number of nitrogens with zero attached hydrogens (tertiary/aromatic N) is 1. The number of benzene rings is 1. The highest BCUT2D eigenvalue weighted by Gasteiger charge is 2.29. The highest BCUT2D eigenvalue weighted by Crippen LogP contribution is 2.38. The number of likely N-dealkylation sites (tertiary alicyclic amines) is 1. The Bertz CT molecular complexity index is 1090. The van der Waals surface area contributed by atoms with Crippen molar-refractivity contribution >= 4 is 28.3 Å². The number of halogens is 1. The molecule has 0 aliphatic carbocycles. The Labute approximate surface area is 200 Å². The number of aromatic amines is 1. The first-order valence-corrected chi connectivity index (χ1v) is 12.8. The van der Waals surface area contributed by atoms with Gasteiger partial charge in [0.2, 0.25) is 0 Å². The smallest absolute Gasteiger partial charge is 0.128 e. The number of alkyl halides is 1. The van der Waals surface area contributed by atoms with Crippen molar-refractivity contribution in [3.63, 3.8) is 0 Å². The first-order valence-electron chi connectivity index (χ1n) is 12.0. The summed E-state index contributed by atoms with van der Waals surface area (Å²) < 4.78 is 18.6. The van der Waals surface area contributed by atoms with Gasteiger partial charge in [-0.15, -0.1) is 11.3 Å². The Morgan fingerprint density at radius 1 is 1.36 bits per heavy atom. The highest BCUT2D eigenvalue weighted by molar-refractivity contribution is 7.12. The molecule has 2 aromatic heterocycles. The van der Waals surface area contributed by atoms with Crippen LogP contribution in [-0.4, -0.2) is 53.5 Å². The second-order valence-corrected chi connectivity index (χ2v) is 10.3. The summed E-state index contributed by atoms with van der Waals surface area (Å²) in [6, 6.07) is 10.7. The Kier molecular flexibility index (Phi) is 7.89. The van der Waals surface area contributed by atoms with E-state index >= 15 is 0 Å². The summed E-state index contributed by atoms with van der Waals surface area (Å²) >= 11 is 1.88. The SMILES string of the molecule is CCc1sc(C2CCN(CC(O)COc3cccc4[nH]c(C)cc34)C(C)C2)cc1/C=C\CF. The number of allylic oxidation sites excluding steroid dienone is 1. The van der Waals surface area contributed by atoms with Gasteiger partial charge in [0.05, 0.1) is 0 Å². The second kappa shape index (κ2) is 10.9. The van der Waals surface area contributed by atoms with Crippen LogP contribution in [0.25, 0.3) is 17.0 Å². The van der Waals surface area contributed by atoms with Gasteiger partial charge in [0.1, 0.15) is 25.1 Å². The molecule has 33 heavy (non-hydrogen) atoms. The standard InChI is InChI=1S/C27H35FN2O2S/c1-4-26-20(7-6-11-28)15-27(33-26)21-10-12-30(19(3)14-21)16-22(31)17-32-25-9-5-8-24-23(25)13-18(2)29-24/h5-9,13,15,19,21-22,29,31H,4,10-12,14,16-17H2,1-3H3/b7-6-. The molecule has 0 amide bonds. The van der Waals surface area contributed by atoms with Crippen molar-refractivity contribution < 1.29 is 14.2 Å². The average molecular weight is 471 g/mol. The van der Waals surface area contributed by atoms with E-state index in [9.17, 15) is 9.50 Å². The van der Waals surface area contributed by atoms with E-state index in [0.29, 0.717) is 18.5 Å². The first-order chi connectivity index (χ1) is 16.0. The topological polar surface area (TPSA) is 48.5 Å². The molecule has 1 aromatic carbocycles. The van der Waals surface area contributed by atoms with Crippen LogP contribution in [0.2, 0.25) is 0 Å². The number of thiophene rings is 1. The zero-order chi connectivity index (χ0) is 23.4. The molecule has 1 fully saturated rings. The molecule has 1 aliphatic rings. The van der Waals surface area contributed by atoms with Gasteiger partial charge in [-0.25, -0.2) is 4.39 Å². The normalized spacial score (nSPS) is 20.6. The van der Waals surface area contributed by atoms with Crippen molar-refractivity contribution in [3.05, 3.63) is 57.4 Å². The van der Waals surface area contributed by atoms with Crippen LogP contribution in [0.4, 0.5) is 4.39 Å². The molecular weight excluding hydrogens is 435 g/mol. The molecule has 3 unspecified atom stereocenters. The van der Waals surface area contributed by atoms with Crippen LogP contribution in [-0.2, 0) is 6.42 Å². The van der Waals surface area contributed by atoms with E-state index in [2.05, 4.69) is 35.9 Å². The minimum atomic E-state index is -0.537. The lowest BCUT2D eigenvalue weighted by Crippen LogP contribution is -2.45. The molecule has 1 aliphatic heterocycles. The monoisotopic (exact) mass is 470 g/mol. The van der Waals surface area contributed by atoms with E-state index in [1.54, 1.807) is 6.08 Å². The fraction of sp³-hybridized carbons (Fsp3) is 0.481. The van der Waals surface area contributed by atoms with Crippen LogP contribution in [0.15, 0.2) is 36.4 Å². The number of H-pyrrole nitrogens is 1. The Balaban J connectivity index is 1.32. The molecule has 0 radical (unpaired) electrons. The largest absolute Gasteiger partial charge is 0.490 e. The molecule has 178 valence electrons. The second-order valence-electron chi connectivity index (χ2n) is 9.14. The van der Waals surface area contributed by atoms with Crippen molar-refractivity contribution in [1.82, 2.24) is 9.88 Å². The number of β-amino-alcohol motifs (C(OH)–C–C–N with tert-alkyl or cyclic N) is 1. The number of aliphatic hydroxyl groups is 1. The maximum Gasteiger partial charge on any atom is 0.128 e. The van der Waals surface area contributed by atoms with E-state index in [0.717, 1.165) is 48.2 Å². The molecule has 4 rings (SSSR count). The molecule has 3 atom stereocenters. The van der Waals surface area contributed by atoms with Gasteiger partial charge in [0, 0.05) is 38.9 Å². The summed E-state index contributed by atoms with van der Waals surface area (Å²) in [4.78, 5) is 8.45. The molecule has 2 N–H and O–H groups in total. The fourth-order valence-corrected chi connectivity index (χ4v) is 6.15. The maximum atomic E-state index is 12.6. The summed E-state index contributed by atoms with van der Waals surface area (Å²) in [5, 5.41) is 11.7. The number of aliphatic hydroxyl groups excluding tert-OH is 1. The van der Waals surface area contributed by atoms with Gasteiger partial charge in [0.15, 0.2) is 0 Å². The van der Waals surface area contributed by atoms with Gasteiger partial charge in [-0.2, -0.15) is 0 Å². The minimum absolute atomic E-state index is 0.283. The molecule has 3 aromatic rings. The van der Waals surface area contributed by atoms with Crippen molar-refractivity contribution in [2.45, 2.75) is 58.1 Å². The number of ether oxygens (including phenoxy) is 1. The summed E-state index contributed by atoms with van der Waals surface area (Å²) in [5.41, 5.74) is 3.32. The molecule has 0 bridgehead atoms. The number of nitrogens with one attached hydrogen (secondary N) is 1. The predicted octanol–water partition coefficient (Wildman–Crippen LogP) is 6.09. The average Bonchev–Trinajstić information content (AvgIpc) is 3.40. The van der Waals surface area contributed by atoms with Crippen LogP contribution in [0, 0.1) is 6.92 Å². The zero-order valence-electron chi connectivity index (χ0n) is 19.8. The third-order valence-electron chi connectivity index (χ3n) is 6.62. The molecule has 6 heteroatoms. The molecule has 1 saturated heterocycles. The number of aryl methyl sites for hydroxylation is 2. The van der Waals surface area contributed by atoms with Crippen LogP contribution in [0.1, 0.15) is 53.6 Å². The van der Waals surface area contributed by atoms with Gasteiger partial charge >= 0.3 is 0 Å². The number of aromatic nitrogens is 1. The number of rotatable bonds is 9. The minimum Gasteiger partial charge on any atom is -0.490 e. The van der Waals surface area contributed by atoms with Gasteiger partial charge < -0.3 is 14.8 Å². The molecule has 3 heterocycles. The molecule has 0 saturated carbocycles. The fourth-order valence-electron chi connectivity index (χ4n) is 4.91. The van der Waals surface area contributed by atoms with Crippen LogP contribution in [0.3, 0.4) is 0 Å².